The van der Waals surface area contributed by atoms with E-state index in [9.17, 15) is 19.2 Å². The molecule has 35 heavy (non-hydrogen) atoms. The summed E-state index contributed by atoms with van der Waals surface area (Å²) in [5.74, 6) is -1.49. The number of H-pyrrole nitrogens is 1. The highest BCUT2D eigenvalue weighted by Gasteiger charge is 2.37. The maximum Gasteiger partial charge on any atom is 0.276 e. The number of nitriles is 1. The molecule has 0 saturated carbocycles. The third-order valence-corrected chi connectivity index (χ3v) is 7.08. The van der Waals surface area contributed by atoms with Crippen molar-refractivity contribution in [3.63, 3.8) is 0 Å². The second-order valence-electron chi connectivity index (χ2n) is 7.87. The van der Waals surface area contributed by atoms with Gasteiger partial charge in [-0.15, -0.1) is 0 Å². The van der Waals surface area contributed by atoms with Crippen molar-refractivity contribution < 1.29 is 14.0 Å². The number of benzene rings is 3. The number of halogens is 2. The first-order chi connectivity index (χ1) is 17.0. The normalized spacial score (nSPS) is 14.7. The molecule has 170 valence electrons. The van der Waals surface area contributed by atoms with E-state index in [1.54, 1.807) is 12.1 Å². The molecule has 0 spiro atoms. The molecule has 0 bridgehead atoms. The number of anilines is 1. The number of hydrogen-bond donors (Lipinski definition) is 3. The topological polar surface area (TPSA) is 124 Å². The van der Waals surface area contributed by atoms with Crippen molar-refractivity contribution in [1.82, 2.24) is 19.9 Å². The molecule has 3 heterocycles. The molecule has 11 heteroatoms. The van der Waals surface area contributed by atoms with Gasteiger partial charge in [0.15, 0.2) is 5.69 Å². The second-order valence-corrected chi connectivity index (χ2v) is 9.09. The predicted molar refractivity (Wildman–Crippen MR) is 129 cm³/mol. The van der Waals surface area contributed by atoms with Gasteiger partial charge in [0.05, 0.1) is 21.8 Å². The lowest BCUT2D eigenvalue weighted by molar-refractivity contribution is 0.0960. The Hall–Kier alpha value is -4.33. The van der Waals surface area contributed by atoms with Crippen LogP contribution in [0.5, 0.6) is 0 Å². The van der Waals surface area contributed by atoms with Gasteiger partial charge in [0.2, 0.25) is 0 Å². The van der Waals surface area contributed by atoms with Crippen LogP contribution in [0.1, 0.15) is 43.7 Å². The van der Waals surface area contributed by atoms with Gasteiger partial charge >= 0.3 is 0 Å². The highest BCUT2D eigenvalue weighted by atomic mass is 35.5. The molecule has 0 fully saturated rings. The van der Waals surface area contributed by atoms with E-state index in [2.05, 4.69) is 25.2 Å². The van der Waals surface area contributed by atoms with E-state index in [1.165, 1.54) is 29.7 Å². The number of fused-ring (bicyclic) bond motifs is 4. The zero-order chi connectivity index (χ0) is 24.3. The molecular weight excluding hydrogens is 491 g/mol. The van der Waals surface area contributed by atoms with Gasteiger partial charge < -0.3 is 10.6 Å². The first-order valence-corrected chi connectivity index (χ1v) is 11.5. The molecule has 0 radical (unpaired) electrons. The fraction of sp³-hybridized carbons (Fsp3) is 0.0417. The van der Waals surface area contributed by atoms with Gasteiger partial charge in [0, 0.05) is 32.6 Å². The highest BCUT2D eigenvalue weighted by Crippen LogP contribution is 2.43. The van der Waals surface area contributed by atoms with Gasteiger partial charge in [-0.2, -0.15) is 14.7 Å². The van der Waals surface area contributed by atoms with E-state index in [4.69, 9.17) is 11.6 Å². The molecule has 0 unspecified atom stereocenters. The minimum atomic E-state index is -0.846. The van der Waals surface area contributed by atoms with Crippen LogP contribution < -0.4 is 10.6 Å². The summed E-state index contributed by atoms with van der Waals surface area (Å²) in [5.41, 5.74) is 1.79. The summed E-state index contributed by atoms with van der Waals surface area (Å²) in [5, 5.41) is 23.2. The lowest BCUT2D eigenvalue weighted by Crippen LogP contribution is -2.21. The fourth-order valence-corrected chi connectivity index (χ4v) is 5.37. The Morgan fingerprint density at radius 1 is 1.20 bits per heavy atom. The number of carbonyl (C=O) groups is 2. The van der Waals surface area contributed by atoms with Crippen LogP contribution in [0.15, 0.2) is 48.5 Å². The van der Waals surface area contributed by atoms with E-state index >= 15 is 0 Å². The lowest BCUT2D eigenvalue weighted by Gasteiger charge is -2.18. The molecule has 0 aliphatic carbocycles. The second kappa shape index (κ2) is 7.87. The fourth-order valence-electron chi connectivity index (χ4n) is 4.37. The predicted octanol–water partition coefficient (Wildman–Crippen LogP) is 4.92. The monoisotopic (exact) mass is 502 g/mol. The maximum atomic E-state index is 14.1. The third kappa shape index (κ3) is 3.24. The Morgan fingerprint density at radius 2 is 2.03 bits per heavy atom. The number of nitrogens with zero attached hydrogens (tertiary/aromatic N) is 3. The Kier molecular flexibility index (Phi) is 4.77. The van der Waals surface area contributed by atoms with Gasteiger partial charge in [0.1, 0.15) is 17.6 Å². The van der Waals surface area contributed by atoms with Crippen molar-refractivity contribution in [2.75, 3.05) is 5.32 Å². The molecular formula is C24H12ClFN6O2S. The molecule has 3 aromatic carbocycles. The first kappa shape index (κ1) is 21.2. The molecule has 0 saturated heterocycles. The van der Waals surface area contributed by atoms with Crippen LogP contribution in [-0.2, 0) is 0 Å². The smallest absolute Gasteiger partial charge is 0.276 e. The van der Waals surface area contributed by atoms with Gasteiger partial charge in [-0.3, -0.25) is 14.7 Å². The van der Waals surface area contributed by atoms with Crippen molar-refractivity contribution in [2.45, 2.75) is 6.04 Å². The maximum absolute atomic E-state index is 14.1. The summed E-state index contributed by atoms with van der Waals surface area (Å²) in [4.78, 5) is 26.4. The Bertz CT molecular complexity index is 1750. The van der Waals surface area contributed by atoms with Crippen molar-refractivity contribution in [3.05, 3.63) is 87.4 Å². The SMILES string of the molecule is N#Cc1n[nH]c2c3c(c(NC(=O)c4nsc5ccccc45)cc12)[C@H](c1cc(F)ccc1Cl)NC3=O. The zero-order valence-corrected chi connectivity index (χ0v) is 19.1. The molecule has 3 N–H and O–H groups in total. The van der Waals surface area contributed by atoms with Crippen LogP contribution >= 0.6 is 23.1 Å². The van der Waals surface area contributed by atoms with E-state index in [0.717, 1.165) is 4.70 Å². The third-order valence-electron chi connectivity index (χ3n) is 5.91. The largest absolute Gasteiger partial charge is 0.341 e. The van der Waals surface area contributed by atoms with Crippen molar-refractivity contribution >= 4 is 61.6 Å². The van der Waals surface area contributed by atoms with Gasteiger partial charge in [-0.1, -0.05) is 29.8 Å². The number of carbonyl (C=O) groups excluding carboxylic acids is 2. The van der Waals surface area contributed by atoms with Crippen LogP contribution in [-0.4, -0.2) is 26.4 Å². The number of aromatic nitrogens is 3. The van der Waals surface area contributed by atoms with Crippen molar-refractivity contribution in [3.8, 4) is 6.07 Å². The van der Waals surface area contributed by atoms with Crippen molar-refractivity contribution in [2.24, 2.45) is 0 Å². The van der Waals surface area contributed by atoms with Crippen LogP contribution in [0.4, 0.5) is 10.1 Å². The molecule has 1 atom stereocenters. The number of amides is 2. The number of rotatable bonds is 3. The summed E-state index contributed by atoms with van der Waals surface area (Å²) in [6.45, 7) is 0. The van der Waals surface area contributed by atoms with Crippen LogP contribution in [0.3, 0.4) is 0 Å². The Morgan fingerprint density at radius 3 is 2.86 bits per heavy atom. The average Bonchev–Trinajstić information content (AvgIpc) is 3.55. The van der Waals surface area contributed by atoms with E-state index in [0.29, 0.717) is 27.4 Å². The van der Waals surface area contributed by atoms with Gasteiger partial charge in [-0.25, -0.2) is 4.39 Å². The van der Waals surface area contributed by atoms with Gasteiger partial charge in [0.25, 0.3) is 11.8 Å². The summed E-state index contributed by atoms with van der Waals surface area (Å²) >= 11 is 7.56. The first-order valence-electron chi connectivity index (χ1n) is 10.3. The van der Waals surface area contributed by atoms with E-state index in [-0.39, 0.29) is 27.7 Å². The highest BCUT2D eigenvalue weighted by molar-refractivity contribution is 7.13. The molecule has 8 nitrogen and oxygen atoms in total. The summed E-state index contributed by atoms with van der Waals surface area (Å²) in [6.07, 6.45) is 0. The summed E-state index contributed by atoms with van der Waals surface area (Å²) < 4.78 is 19.3. The molecule has 2 aromatic heterocycles. The summed E-state index contributed by atoms with van der Waals surface area (Å²) in [7, 11) is 0. The molecule has 1 aliphatic rings. The number of aromatic amines is 1. The van der Waals surface area contributed by atoms with Crippen LogP contribution in [0, 0.1) is 17.1 Å². The molecule has 2 amide bonds. The summed E-state index contributed by atoms with van der Waals surface area (Å²) in [6, 6.07) is 13.9. The quantitative estimate of drug-likeness (QED) is 0.323. The van der Waals surface area contributed by atoms with Crippen LogP contribution in [0.25, 0.3) is 21.0 Å². The standard InChI is InChI=1S/C24H12ClFN6O2S/c25-14-6-5-10(26)7-12(14)20-18-15(28-24(34)22-11-3-1-2-4-17(11)35-32-22)8-13-16(9-27)30-31-21(13)19(18)23(33)29-20/h1-8,20H,(H,28,34)(H,29,33)(H,30,31)/t20-/m0/s1. The molecule has 1 aliphatic heterocycles. The number of hydrogen-bond acceptors (Lipinski definition) is 6. The number of nitrogens with one attached hydrogen (secondary N) is 3. The Balaban J connectivity index is 1.56. The lowest BCUT2D eigenvalue weighted by atomic mass is 9.94. The van der Waals surface area contributed by atoms with E-state index in [1.807, 2.05) is 24.3 Å². The van der Waals surface area contributed by atoms with Gasteiger partial charge in [-0.05, 0) is 41.9 Å². The van der Waals surface area contributed by atoms with E-state index < -0.39 is 23.7 Å². The average molecular weight is 503 g/mol. The van der Waals surface area contributed by atoms with Crippen LogP contribution in [0.2, 0.25) is 5.02 Å². The minimum Gasteiger partial charge on any atom is -0.341 e. The molecule has 5 aromatic rings. The molecule has 6 rings (SSSR count). The van der Waals surface area contributed by atoms with Crippen molar-refractivity contribution in [1.29, 1.82) is 5.26 Å². The zero-order valence-electron chi connectivity index (χ0n) is 17.5. The Labute approximate surface area is 205 Å². The minimum absolute atomic E-state index is 0.0671.